The molecule has 7 rings (SSSR count). The van der Waals surface area contributed by atoms with Crippen LogP contribution >= 0.6 is 11.3 Å². The Balaban J connectivity index is -0.000000267. The van der Waals surface area contributed by atoms with E-state index in [-0.39, 0.29) is 44.6 Å². The summed E-state index contributed by atoms with van der Waals surface area (Å²) < 4.78 is 12.3. The van der Waals surface area contributed by atoms with E-state index in [1.54, 1.807) is 0 Å². The van der Waals surface area contributed by atoms with Gasteiger partial charge >= 0.3 is 0 Å². The normalized spacial score (nSPS) is 11.4. The molecule has 0 saturated carbocycles. The fourth-order valence-corrected chi connectivity index (χ4v) is 12.0. The molecule has 0 unspecified atom stereocenters. The molecule has 0 aliphatic heterocycles. The van der Waals surface area contributed by atoms with Crippen LogP contribution in [-0.4, -0.2) is 59.1 Å². The smallest absolute Gasteiger partial charge is 0.197 e. The van der Waals surface area contributed by atoms with E-state index in [2.05, 4.69) is 365 Å². The topological polar surface area (TPSA) is 139 Å². The monoisotopic (exact) mass is 1470 g/mol. The molecular weight excluding hydrogens is 1300 g/mol. The molecule has 0 saturated heterocycles. The van der Waals surface area contributed by atoms with Gasteiger partial charge in [0.15, 0.2) is 5.89 Å². The van der Waals surface area contributed by atoms with Crippen molar-refractivity contribution in [2.45, 2.75) is 460 Å². The molecule has 1 N–H and O–H groups in total. The van der Waals surface area contributed by atoms with Gasteiger partial charge < -0.3 is 14.0 Å². The molecule has 0 bridgehead atoms. The second kappa shape index (κ2) is 50.5. The van der Waals surface area contributed by atoms with E-state index in [9.17, 15) is 0 Å². The SMILES string of the molecule is C.C.C.C.C.C.CC(C)c1cn(C(C)C)cc1C(C)C.CC(C)c1cn(C(C)C)nc1C(C)C.CC(C)c1cn(C(C)C)nc1C(C)C.CC(C)c1nc(C(C)C)c(C(C)C)[nH]1.CC(C)c1nc(C(C)C)c(C(C)C)o1.CC(C)c1nc(C(C)C)c(C(C)C)s1.CC(C)c1nn(C(C)C)nc1C(C)C. The van der Waals surface area contributed by atoms with Gasteiger partial charge in [0.2, 0.25) is 0 Å². The Morgan fingerprint density at radius 3 is 0.856 bits per heavy atom. The third kappa shape index (κ3) is 33.6. The van der Waals surface area contributed by atoms with Crippen LogP contribution in [0.25, 0.3) is 0 Å². The van der Waals surface area contributed by atoms with E-state index in [4.69, 9.17) is 9.40 Å². The number of nitrogens with one attached hydrogen (secondary N) is 1. The summed E-state index contributed by atoms with van der Waals surface area (Å²) in [6.07, 6.45) is 9.02. The number of hydrogen-bond acceptors (Lipinski definition) is 9. The molecule has 0 spiro atoms. The molecule has 608 valence electrons. The second-order valence-electron chi connectivity index (χ2n) is 33.8. The molecular formula is C90H176N12OS. The van der Waals surface area contributed by atoms with Crippen LogP contribution in [0, 0.1) is 0 Å². The van der Waals surface area contributed by atoms with Gasteiger partial charge in [-0.05, 0) is 155 Å². The molecule has 0 atom stereocenters. The van der Waals surface area contributed by atoms with Crippen LogP contribution in [-0.2, 0) is 0 Å². The highest BCUT2D eigenvalue weighted by molar-refractivity contribution is 7.12. The van der Waals surface area contributed by atoms with Crippen LogP contribution in [0.4, 0.5) is 0 Å². The molecule has 14 heteroatoms. The van der Waals surface area contributed by atoms with E-state index >= 15 is 0 Å². The molecule has 0 aromatic carbocycles. The van der Waals surface area contributed by atoms with Crippen molar-refractivity contribution < 1.29 is 4.42 Å². The van der Waals surface area contributed by atoms with E-state index in [1.165, 1.54) is 60.6 Å². The summed E-state index contributed by atoms with van der Waals surface area (Å²) in [5, 5.41) is 19.7. The van der Waals surface area contributed by atoms with Gasteiger partial charge in [-0.25, -0.2) is 15.0 Å². The summed E-state index contributed by atoms with van der Waals surface area (Å²) >= 11 is 1.89. The number of aromatic amines is 1. The maximum Gasteiger partial charge on any atom is 0.197 e. The van der Waals surface area contributed by atoms with Crippen molar-refractivity contribution in [3.05, 3.63) is 120 Å². The Kier molecular flexibility index (Phi) is 53.3. The zero-order valence-electron chi connectivity index (χ0n) is 71.2. The van der Waals surface area contributed by atoms with Gasteiger partial charge in [-0.1, -0.05) is 280 Å². The first kappa shape index (κ1) is 110. The third-order valence-electron chi connectivity index (χ3n) is 16.9. The van der Waals surface area contributed by atoms with Gasteiger partial charge in [-0.2, -0.15) is 25.2 Å². The highest BCUT2D eigenvalue weighted by Crippen LogP contribution is 2.36. The molecule has 104 heavy (non-hydrogen) atoms. The summed E-state index contributed by atoms with van der Waals surface area (Å²) in [7, 11) is 0. The lowest BCUT2D eigenvalue weighted by molar-refractivity contribution is 0.420. The maximum atomic E-state index is 5.79. The van der Waals surface area contributed by atoms with Crippen LogP contribution in [0.15, 0.2) is 29.2 Å². The molecule has 0 amide bonds. The van der Waals surface area contributed by atoms with Gasteiger partial charge in [0, 0.05) is 77.2 Å². The lowest BCUT2D eigenvalue weighted by Gasteiger charge is -2.08. The van der Waals surface area contributed by atoms with Crippen molar-refractivity contribution in [3.63, 3.8) is 0 Å². The van der Waals surface area contributed by atoms with Gasteiger partial charge in [0.05, 0.1) is 50.9 Å². The molecule has 0 aliphatic rings. The molecule has 0 fully saturated rings. The van der Waals surface area contributed by atoms with Crippen LogP contribution < -0.4 is 0 Å². The fourth-order valence-electron chi connectivity index (χ4n) is 10.8. The van der Waals surface area contributed by atoms with Crippen molar-refractivity contribution in [2.75, 3.05) is 0 Å². The standard InChI is InChI=1S/C13H23N.3C12H22N2.C12H21NO.C12H21NS.C11H21N3.6CH4/c1-9(2)12-7-14(11(5)6)8-13(12)10(3)4;2*1-8(2)11-7-14(10(5)6)13-12(11)9(3)4;3*1-7(2)10-11(8(3)4)14-12(13-10)9(5)6;1-7(2)10-11(8(3)4)13-14(12-10)9(5)6;;;;;;/h7-11H,1-6H3;2*7-10H,1-6H3;7-9H,1-6H3,(H,13,14);3*7-9H,1-6H3;6*1H4. The minimum atomic E-state index is 0. The van der Waals surface area contributed by atoms with Crippen LogP contribution in [0.3, 0.4) is 0 Å². The number of hydrogen-bond donors (Lipinski definition) is 1. The Morgan fingerprint density at radius 2 is 0.644 bits per heavy atom. The van der Waals surface area contributed by atoms with E-state index in [1.807, 2.05) is 16.1 Å². The summed E-state index contributed by atoms with van der Waals surface area (Å²) in [4.78, 5) is 20.7. The zero-order chi connectivity index (χ0) is 76.1. The molecule has 0 aliphatic carbocycles. The molecule has 13 nitrogen and oxygen atoms in total. The molecule has 7 heterocycles. The van der Waals surface area contributed by atoms with Crippen LogP contribution in [0.2, 0.25) is 0 Å². The van der Waals surface area contributed by atoms with Gasteiger partial charge in [0.25, 0.3) is 0 Å². The average Bonchev–Trinajstić information content (AvgIpc) is 1.76. The van der Waals surface area contributed by atoms with Gasteiger partial charge in [-0.3, -0.25) is 9.36 Å². The predicted octanol–water partition coefficient (Wildman–Crippen LogP) is 31.0. The van der Waals surface area contributed by atoms with Crippen molar-refractivity contribution in [1.82, 2.24) is 59.1 Å². The largest absolute Gasteiger partial charge is 0.445 e. The minimum Gasteiger partial charge on any atom is -0.445 e. The predicted molar refractivity (Wildman–Crippen MR) is 468 cm³/mol. The number of oxazole rings is 1. The quantitative estimate of drug-likeness (QED) is 0.0750. The van der Waals surface area contributed by atoms with Crippen molar-refractivity contribution in [2.24, 2.45) is 0 Å². The van der Waals surface area contributed by atoms with Crippen molar-refractivity contribution in [3.8, 4) is 0 Å². The fraction of sp³-hybridized carbons (Fsp3) is 0.767. The van der Waals surface area contributed by atoms with E-state index in [0.29, 0.717) is 125 Å². The first-order chi connectivity index (χ1) is 45.0. The summed E-state index contributed by atoms with van der Waals surface area (Å²) in [6, 6.07) is 1.83. The van der Waals surface area contributed by atoms with Crippen molar-refractivity contribution >= 4 is 11.3 Å². The second-order valence-corrected chi connectivity index (χ2v) is 34.9. The number of nitrogens with zero attached hydrogens (tertiary/aromatic N) is 11. The zero-order valence-corrected chi connectivity index (χ0v) is 72.0. The van der Waals surface area contributed by atoms with Crippen LogP contribution in [0.1, 0.15) is 555 Å². The number of rotatable bonds is 21. The Labute approximate surface area is 651 Å². The van der Waals surface area contributed by atoms with Crippen molar-refractivity contribution in [1.29, 1.82) is 0 Å². The lowest BCUT2D eigenvalue weighted by Crippen LogP contribution is -2.05. The Morgan fingerprint density at radius 1 is 0.288 bits per heavy atom. The number of thiazole rings is 1. The van der Waals surface area contributed by atoms with E-state index < -0.39 is 0 Å². The molecule has 7 aromatic heterocycles. The molecule has 7 aromatic rings. The molecule has 0 radical (unpaired) electrons. The van der Waals surface area contributed by atoms with Gasteiger partial charge in [-0.15, -0.1) is 11.3 Å². The van der Waals surface area contributed by atoms with Crippen LogP contribution in [0.5, 0.6) is 0 Å². The highest BCUT2D eigenvalue weighted by Gasteiger charge is 2.24. The van der Waals surface area contributed by atoms with Gasteiger partial charge in [0.1, 0.15) is 11.6 Å². The maximum absolute atomic E-state index is 5.79. The Bertz CT molecular complexity index is 2510. The number of imidazole rings is 1. The number of aromatic nitrogens is 12. The summed E-state index contributed by atoms with van der Waals surface area (Å²) in [5.41, 5.74) is 15.6. The first-order valence-corrected chi connectivity index (χ1v) is 39.3. The minimum absolute atomic E-state index is 0. The first-order valence-electron chi connectivity index (χ1n) is 38.5. The number of H-pyrrole nitrogens is 1. The van der Waals surface area contributed by atoms with E-state index in [0.717, 1.165) is 34.6 Å². The highest BCUT2D eigenvalue weighted by atomic mass is 32.1. The summed E-state index contributed by atoms with van der Waals surface area (Å²) in [5.74, 6) is 11.9. The average molecular weight is 1470 g/mol. The lowest BCUT2D eigenvalue weighted by atomic mass is 9.95. The third-order valence-corrected chi connectivity index (χ3v) is 18.6. The summed E-state index contributed by atoms with van der Waals surface area (Å²) in [6.45, 7) is 92.2. The Hall–Kier alpha value is -5.11.